The fourth-order valence-electron chi connectivity index (χ4n) is 2.59. The molecule has 1 aliphatic carbocycles. The summed E-state index contributed by atoms with van der Waals surface area (Å²) >= 11 is 0. The van der Waals surface area contributed by atoms with Gasteiger partial charge in [-0.15, -0.1) is 0 Å². The third-order valence-electron chi connectivity index (χ3n) is 3.50. The van der Waals surface area contributed by atoms with Gasteiger partial charge in [-0.2, -0.15) is 5.10 Å². The van der Waals surface area contributed by atoms with Crippen LogP contribution < -0.4 is 4.74 Å². The number of ketones is 1. The standard InChI is InChI=1S/C13H20N2O2/c1-3-15-13(12(17-2)9-14-15)10-7-5-4-6-8-11(10)16/h9-10H,3-8H2,1-2H3. The Bertz CT molecular complexity index is 377. The number of hydrogen-bond acceptors (Lipinski definition) is 3. The number of Topliss-reactive ketones (excluding diaryl/α,β-unsaturated/α-hetero) is 1. The second-order valence-electron chi connectivity index (χ2n) is 4.53. The van der Waals surface area contributed by atoms with Gasteiger partial charge in [0.05, 0.1) is 24.9 Å². The number of hydrogen-bond donors (Lipinski definition) is 0. The smallest absolute Gasteiger partial charge is 0.160 e. The van der Waals surface area contributed by atoms with Crippen molar-refractivity contribution >= 4 is 5.78 Å². The third kappa shape index (κ3) is 2.35. The third-order valence-corrected chi connectivity index (χ3v) is 3.50. The monoisotopic (exact) mass is 236 g/mol. The molecule has 1 fully saturated rings. The number of carbonyl (C=O) groups is 1. The van der Waals surface area contributed by atoms with Gasteiger partial charge in [0.2, 0.25) is 0 Å². The number of nitrogens with zero attached hydrogens (tertiary/aromatic N) is 2. The number of ether oxygens (including phenoxy) is 1. The summed E-state index contributed by atoms with van der Waals surface area (Å²) in [6.45, 7) is 2.82. The van der Waals surface area contributed by atoms with Crippen molar-refractivity contribution in [2.45, 2.75) is 51.5 Å². The number of aryl methyl sites for hydroxylation is 1. The Morgan fingerprint density at radius 2 is 2.29 bits per heavy atom. The SMILES string of the molecule is CCn1ncc(OC)c1C1CCCCCC1=O. The summed E-state index contributed by atoms with van der Waals surface area (Å²) in [7, 11) is 1.64. The van der Waals surface area contributed by atoms with Crippen LogP contribution in [0.1, 0.15) is 50.6 Å². The van der Waals surface area contributed by atoms with Crippen LogP contribution in [0.15, 0.2) is 6.20 Å². The molecule has 0 radical (unpaired) electrons. The Hall–Kier alpha value is -1.32. The quantitative estimate of drug-likeness (QED) is 0.757. The molecule has 0 spiro atoms. The van der Waals surface area contributed by atoms with E-state index in [0.717, 1.165) is 43.7 Å². The van der Waals surface area contributed by atoms with E-state index in [0.29, 0.717) is 12.2 Å². The Labute approximate surface area is 102 Å². The molecule has 1 atom stereocenters. The first-order valence-corrected chi connectivity index (χ1v) is 6.40. The van der Waals surface area contributed by atoms with Crippen molar-refractivity contribution in [1.29, 1.82) is 0 Å². The van der Waals surface area contributed by atoms with E-state index in [2.05, 4.69) is 5.10 Å². The minimum Gasteiger partial charge on any atom is -0.493 e. The lowest BCUT2D eigenvalue weighted by Gasteiger charge is -2.16. The minimum atomic E-state index is -0.0186. The Morgan fingerprint density at radius 1 is 1.47 bits per heavy atom. The molecule has 0 bridgehead atoms. The molecule has 2 rings (SSSR count). The summed E-state index contributed by atoms with van der Waals surface area (Å²) in [6.07, 6.45) is 6.65. The molecule has 0 N–H and O–H groups in total. The molecule has 1 unspecified atom stereocenters. The van der Waals surface area contributed by atoms with Crippen LogP contribution in [0.4, 0.5) is 0 Å². The van der Waals surface area contributed by atoms with Gasteiger partial charge in [-0.3, -0.25) is 9.48 Å². The molecule has 0 amide bonds. The summed E-state index contributed by atoms with van der Waals surface area (Å²) in [5, 5.41) is 4.29. The second-order valence-corrected chi connectivity index (χ2v) is 4.53. The zero-order chi connectivity index (χ0) is 12.3. The van der Waals surface area contributed by atoms with Gasteiger partial charge in [0, 0.05) is 13.0 Å². The summed E-state index contributed by atoms with van der Waals surface area (Å²) < 4.78 is 7.23. The van der Waals surface area contributed by atoms with E-state index < -0.39 is 0 Å². The van der Waals surface area contributed by atoms with E-state index in [4.69, 9.17) is 4.74 Å². The lowest BCUT2D eigenvalue weighted by Crippen LogP contribution is -2.16. The fraction of sp³-hybridized carbons (Fsp3) is 0.692. The molecule has 1 aromatic heterocycles. The average molecular weight is 236 g/mol. The summed E-state index contributed by atoms with van der Waals surface area (Å²) in [4.78, 5) is 12.2. The molecule has 1 saturated carbocycles. The predicted molar refractivity (Wildman–Crippen MR) is 65.3 cm³/mol. The van der Waals surface area contributed by atoms with E-state index in [1.54, 1.807) is 13.3 Å². The highest BCUT2D eigenvalue weighted by Gasteiger charge is 2.28. The highest BCUT2D eigenvalue weighted by atomic mass is 16.5. The van der Waals surface area contributed by atoms with Crippen molar-refractivity contribution in [2.75, 3.05) is 7.11 Å². The molecular formula is C13H20N2O2. The van der Waals surface area contributed by atoms with Crippen LogP contribution >= 0.6 is 0 Å². The van der Waals surface area contributed by atoms with E-state index in [-0.39, 0.29) is 5.92 Å². The van der Waals surface area contributed by atoms with Crippen molar-refractivity contribution in [2.24, 2.45) is 0 Å². The van der Waals surface area contributed by atoms with Crippen LogP contribution in [0.2, 0.25) is 0 Å². The van der Waals surface area contributed by atoms with Gasteiger partial charge >= 0.3 is 0 Å². The molecule has 0 aliphatic heterocycles. The normalized spacial score (nSPS) is 21.3. The zero-order valence-corrected chi connectivity index (χ0v) is 10.6. The largest absolute Gasteiger partial charge is 0.493 e. The molecule has 4 nitrogen and oxygen atoms in total. The van der Waals surface area contributed by atoms with Gasteiger partial charge in [0.15, 0.2) is 5.75 Å². The molecule has 0 saturated heterocycles. The Balaban J connectivity index is 2.35. The molecule has 1 heterocycles. The Morgan fingerprint density at radius 3 is 3.00 bits per heavy atom. The van der Waals surface area contributed by atoms with Gasteiger partial charge in [-0.25, -0.2) is 0 Å². The van der Waals surface area contributed by atoms with E-state index in [1.165, 1.54) is 0 Å². The first-order valence-electron chi connectivity index (χ1n) is 6.40. The van der Waals surface area contributed by atoms with Crippen molar-refractivity contribution in [3.8, 4) is 5.75 Å². The van der Waals surface area contributed by atoms with Gasteiger partial charge < -0.3 is 4.74 Å². The summed E-state index contributed by atoms with van der Waals surface area (Å²) in [5.41, 5.74) is 0.974. The first kappa shape index (κ1) is 12.1. The van der Waals surface area contributed by atoms with Crippen LogP contribution in [-0.2, 0) is 11.3 Å². The maximum atomic E-state index is 12.2. The highest BCUT2D eigenvalue weighted by molar-refractivity contribution is 5.86. The number of aromatic nitrogens is 2. The predicted octanol–water partition coefficient (Wildman–Crippen LogP) is 2.53. The second kappa shape index (κ2) is 5.34. The molecule has 94 valence electrons. The topological polar surface area (TPSA) is 44.1 Å². The van der Waals surface area contributed by atoms with Crippen LogP contribution in [0.25, 0.3) is 0 Å². The van der Waals surface area contributed by atoms with E-state index in [9.17, 15) is 4.79 Å². The lowest BCUT2D eigenvalue weighted by atomic mass is 9.94. The van der Waals surface area contributed by atoms with Crippen LogP contribution in [0.5, 0.6) is 5.75 Å². The highest BCUT2D eigenvalue weighted by Crippen LogP contribution is 2.34. The minimum absolute atomic E-state index is 0.0186. The first-order chi connectivity index (χ1) is 8.27. The molecule has 1 aromatic rings. The molecule has 17 heavy (non-hydrogen) atoms. The maximum Gasteiger partial charge on any atom is 0.160 e. The Kier molecular flexibility index (Phi) is 3.82. The van der Waals surface area contributed by atoms with Gasteiger partial charge in [-0.1, -0.05) is 12.8 Å². The number of carbonyl (C=O) groups excluding carboxylic acids is 1. The molecular weight excluding hydrogens is 216 g/mol. The van der Waals surface area contributed by atoms with Crippen molar-refractivity contribution in [3.63, 3.8) is 0 Å². The maximum absolute atomic E-state index is 12.2. The van der Waals surface area contributed by atoms with Crippen molar-refractivity contribution in [1.82, 2.24) is 9.78 Å². The van der Waals surface area contributed by atoms with Gasteiger partial charge in [0.1, 0.15) is 5.78 Å². The average Bonchev–Trinajstić information content (AvgIpc) is 2.64. The van der Waals surface area contributed by atoms with Crippen LogP contribution in [0, 0.1) is 0 Å². The van der Waals surface area contributed by atoms with Crippen LogP contribution in [-0.4, -0.2) is 22.7 Å². The fourth-order valence-corrected chi connectivity index (χ4v) is 2.59. The van der Waals surface area contributed by atoms with Gasteiger partial charge in [0.25, 0.3) is 0 Å². The lowest BCUT2D eigenvalue weighted by molar-refractivity contribution is -0.120. The van der Waals surface area contributed by atoms with E-state index >= 15 is 0 Å². The molecule has 4 heteroatoms. The van der Waals surface area contributed by atoms with Gasteiger partial charge in [-0.05, 0) is 19.8 Å². The summed E-state index contributed by atoms with van der Waals surface area (Å²) in [5.74, 6) is 1.08. The zero-order valence-electron chi connectivity index (χ0n) is 10.6. The van der Waals surface area contributed by atoms with E-state index in [1.807, 2.05) is 11.6 Å². The van der Waals surface area contributed by atoms with Crippen LogP contribution in [0.3, 0.4) is 0 Å². The molecule has 0 aromatic carbocycles. The summed E-state index contributed by atoms with van der Waals surface area (Å²) in [6, 6.07) is 0. The van der Waals surface area contributed by atoms with Crippen molar-refractivity contribution < 1.29 is 9.53 Å². The van der Waals surface area contributed by atoms with Crippen molar-refractivity contribution in [3.05, 3.63) is 11.9 Å². The number of rotatable bonds is 3. The number of methoxy groups -OCH3 is 1. The molecule has 1 aliphatic rings.